The maximum atomic E-state index is 13.3. The van der Waals surface area contributed by atoms with Gasteiger partial charge < -0.3 is 57.2 Å². The van der Waals surface area contributed by atoms with Gasteiger partial charge in [-0.1, -0.05) is 44.0 Å². The lowest BCUT2D eigenvalue weighted by atomic mass is 9.82. The number of unbranched alkanes of at least 4 members (excludes halogenated alkanes) is 6. The van der Waals surface area contributed by atoms with Gasteiger partial charge in [-0.25, -0.2) is 24.4 Å². The standard InChI is InChI=1S/C73H86N2O16/c1-4-67(76)85-41-13-9-7-11-39-82-58-29-31-60(32-30-58)88-50-52-21-27-55(28-22-52)73(80)91-64-20-16-18-57(48-64)71-70(74-65-38-37-63(49-66(65)75-71)84-45-43-81-44-46-87-69(78)6-3)56-17-15-19-62(47-56)89-51-53-23-25-54(26-24-53)72(79)90-61-35-33-59(34-36-61)83-40-12-8-10-14-42-86-68(77)5-2/h4-6,15-20,29-38,47-49,52-55,73,80H,1-3,7-14,21-28,39-46,50-51H2. The van der Waals surface area contributed by atoms with Crippen LogP contribution in [0.5, 0.6) is 40.2 Å². The molecule has 6 aromatic rings. The molecule has 1 unspecified atom stereocenters. The molecule has 2 aliphatic carbocycles. The van der Waals surface area contributed by atoms with E-state index in [-0.39, 0.29) is 56.1 Å². The molecule has 2 saturated carbocycles. The average Bonchev–Trinajstić information content (AvgIpc) is 0.934. The van der Waals surface area contributed by atoms with Crippen molar-refractivity contribution in [3.05, 3.63) is 153 Å². The summed E-state index contributed by atoms with van der Waals surface area (Å²) in [5, 5.41) is 11.6. The maximum Gasteiger partial charge on any atom is 0.330 e. The van der Waals surface area contributed by atoms with Crippen molar-refractivity contribution in [1.82, 2.24) is 9.97 Å². The number of aliphatic hydroxyl groups is 1. The highest BCUT2D eigenvalue weighted by molar-refractivity contribution is 5.87. The normalized spacial score (nSPS) is 16.5. The van der Waals surface area contributed by atoms with Gasteiger partial charge in [0, 0.05) is 41.3 Å². The smallest absolute Gasteiger partial charge is 0.330 e. The summed E-state index contributed by atoms with van der Waals surface area (Å²) in [7, 11) is 0. The monoisotopic (exact) mass is 1250 g/mol. The number of nitrogens with zero attached hydrogens (tertiary/aromatic N) is 2. The van der Waals surface area contributed by atoms with Crippen LogP contribution in [0.4, 0.5) is 0 Å². The molecule has 2 fully saturated rings. The van der Waals surface area contributed by atoms with Crippen LogP contribution in [0.1, 0.15) is 103 Å². The molecule has 5 aromatic carbocycles. The highest BCUT2D eigenvalue weighted by Crippen LogP contribution is 2.38. The topological polar surface area (TPSA) is 216 Å². The van der Waals surface area contributed by atoms with Gasteiger partial charge in [0.1, 0.15) is 53.5 Å². The first-order chi connectivity index (χ1) is 44.5. The maximum absolute atomic E-state index is 13.3. The molecule has 0 bridgehead atoms. The van der Waals surface area contributed by atoms with E-state index in [4.69, 9.17) is 62.1 Å². The van der Waals surface area contributed by atoms with Gasteiger partial charge in [0.2, 0.25) is 0 Å². The van der Waals surface area contributed by atoms with Gasteiger partial charge in [0.05, 0.1) is 81.2 Å². The molecule has 0 saturated heterocycles. The predicted octanol–water partition coefficient (Wildman–Crippen LogP) is 13.8. The molecule has 18 nitrogen and oxygen atoms in total. The van der Waals surface area contributed by atoms with E-state index in [0.717, 1.165) is 119 Å². The van der Waals surface area contributed by atoms with Crippen LogP contribution in [0.15, 0.2) is 153 Å². The van der Waals surface area contributed by atoms with Gasteiger partial charge in [-0.2, -0.15) is 0 Å². The summed E-state index contributed by atoms with van der Waals surface area (Å²) in [6.07, 6.45) is 16.0. The first-order valence-corrected chi connectivity index (χ1v) is 31.9. The van der Waals surface area contributed by atoms with Crippen LogP contribution in [0.2, 0.25) is 0 Å². The quantitative estimate of drug-likeness (QED) is 0.00948. The Morgan fingerprint density at radius 2 is 0.879 bits per heavy atom. The summed E-state index contributed by atoms with van der Waals surface area (Å²) in [6.45, 7) is 14.1. The fourth-order valence-electron chi connectivity index (χ4n) is 10.8. The Labute approximate surface area is 533 Å². The lowest BCUT2D eigenvalue weighted by molar-refractivity contribution is -0.141. The van der Waals surface area contributed by atoms with Crippen LogP contribution in [-0.2, 0) is 38.1 Å². The van der Waals surface area contributed by atoms with Crippen molar-refractivity contribution in [3.8, 4) is 62.8 Å². The molecule has 0 amide bonds. The minimum atomic E-state index is -1.02. The van der Waals surface area contributed by atoms with Crippen molar-refractivity contribution in [1.29, 1.82) is 0 Å². The first-order valence-electron chi connectivity index (χ1n) is 31.9. The molecule has 0 aliphatic heterocycles. The second-order valence-electron chi connectivity index (χ2n) is 22.7. The molecule has 0 spiro atoms. The second kappa shape index (κ2) is 37.4. The van der Waals surface area contributed by atoms with Gasteiger partial charge in [0.15, 0.2) is 6.29 Å². The molecule has 0 radical (unpaired) electrons. The lowest BCUT2D eigenvalue weighted by Crippen LogP contribution is -2.31. The molecule has 18 heteroatoms. The number of carbonyl (C=O) groups excluding carboxylic acids is 4. The molecule has 484 valence electrons. The van der Waals surface area contributed by atoms with E-state index in [9.17, 15) is 24.3 Å². The number of esters is 4. The zero-order valence-electron chi connectivity index (χ0n) is 52.1. The van der Waals surface area contributed by atoms with Gasteiger partial charge in [-0.3, -0.25) is 4.79 Å². The summed E-state index contributed by atoms with van der Waals surface area (Å²) in [5.41, 5.74) is 4.00. The minimum absolute atomic E-state index is 0.0609. The Morgan fingerprint density at radius 1 is 0.440 bits per heavy atom. The number of hydrogen-bond donors (Lipinski definition) is 1. The molecule has 8 rings (SSSR count). The Balaban J connectivity index is 0.829. The highest BCUT2D eigenvalue weighted by atomic mass is 16.6. The average molecular weight is 1250 g/mol. The van der Waals surface area contributed by atoms with Crippen LogP contribution in [-0.4, -0.2) is 111 Å². The zero-order valence-corrected chi connectivity index (χ0v) is 52.1. The number of ether oxygens (including phenoxy) is 11. The van der Waals surface area contributed by atoms with E-state index < -0.39 is 18.2 Å². The molecular weight excluding hydrogens is 1160 g/mol. The van der Waals surface area contributed by atoms with Gasteiger partial charge in [0.25, 0.3) is 0 Å². The largest absolute Gasteiger partial charge is 0.494 e. The van der Waals surface area contributed by atoms with Crippen molar-refractivity contribution in [2.45, 2.75) is 109 Å². The van der Waals surface area contributed by atoms with E-state index in [1.807, 2.05) is 103 Å². The fourth-order valence-corrected chi connectivity index (χ4v) is 10.8. The van der Waals surface area contributed by atoms with E-state index in [1.54, 1.807) is 12.1 Å². The van der Waals surface area contributed by atoms with E-state index in [0.29, 0.717) is 110 Å². The minimum Gasteiger partial charge on any atom is -0.494 e. The first kappa shape index (κ1) is 68.2. The number of rotatable bonds is 39. The lowest BCUT2D eigenvalue weighted by Gasteiger charge is -2.31. The Hall–Kier alpha value is -8.74. The van der Waals surface area contributed by atoms with Crippen molar-refractivity contribution < 1.29 is 76.4 Å². The molecule has 91 heavy (non-hydrogen) atoms. The number of aliphatic hydroxyl groups excluding tert-OH is 1. The van der Waals surface area contributed by atoms with Crippen LogP contribution >= 0.6 is 0 Å². The molecule has 1 heterocycles. The van der Waals surface area contributed by atoms with Gasteiger partial charge in [-0.15, -0.1) is 0 Å². The third-order valence-corrected chi connectivity index (χ3v) is 16.0. The van der Waals surface area contributed by atoms with Crippen LogP contribution in [0, 0.1) is 23.7 Å². The number of aromatic nitrogens is 2. The van der Waals surface area contributed by atoms with Crippen molar-refractivity contribution in [2.24, 2.45) is 23.7 Å². The third kappa shape index (κ3) is 23.2. The highest BCUT2D eigenvalue weighted by Gasteiger charge is 2.30. The van der Waals surface area contributed by atoms with Crippen LogP contribution in [0.3, 0.4) is 0 Å². The number of carbonyl (C=O) groups is 4. The van der Waals surface area contributed by atoms with Crippen molar-refractivity contribution in [2.75, 3.05) is 66.1 Å². The number of fused-ring (bicyclic) bond motifs is 1. The number of benzene rings is 5. The van der Waals surface area contributed by atoms with Gasteiger partial charge in [-0.05, 0) is 199 Å². The molecule has 1 atom stereocenters. The summed E-state index contributed by atoms with van der Waals surface area (Å²) in [6, 6.07) is 35.8. The third-order valence-electron chi connectivity index (χ3n) is 16.0. The Bertz CT molecular complexity index is 3260. The van der Waals surface area contributed by atoms with Crippen molar-refractivity contribution >= 4 is 34.9 Å². The van der Waals surface area contributed by atoms with Crippen molar-refractivity contribution in [3.63, 3.8) is 0 Å². The summed E-state index contributed by atoms with van der Waals surface area (Å²) >= 11 is 0. The fraction of sp³-hybridized carbons (Fsp3) is 0.425. The molecule has 2 aliphatic rings. The number of hydrogen-bond acceptors (Lipinski definition) is 18. The Kier molecular flexibility index (Phi) is 28.0. The second-order valence-corrected chi connectivity index (χ2v) is 22.7. The van der Waals surface area contributed by atoms with Crippen LogP contribution < -0.4 is 33.2 Å². The zero-order chi connectivity index (χ0) is 63.8. The van der Waals surface area contributed by atoms with E-state index in [1.165, 1.54) is 12.2 Å². The molecule has 1 N–H and O–H groups in total. The summed E-state index contributed by atoms with van der Waals surface area (Å²) in [4.78, 5) is 57.4. The summed E-state index contributed by atoms with van der Waals surface area (Å²) < 4.78 is 63.3. The van der Waals surface area contributed by atoms with Crippen LogP contribution in [0.25, 0.3) is 33.5 Å². The molecular formula is C73H86N2O16. The SMILES string of the molecule is C=CC(=O)OCCCCCCOc1ccc(OCC2CCC(C(O)Oc3cccc(-c4nc5cc(OCCOCCOC(=O)C=C)ccc5nc4-c4cccc(OCC5CCC(C(=O)Oc6ccc(OCCCCCCOC(=O)C=C)cc6)CC5)c4)c3)CC2)cc1. The summed E-state index contributed by atoms with van der Waals surface area (Å²) in [5.74, 6) is 3.32. The van der Waals surface area contributed by atoms with E-state index in [2.05, 4.69) is 19.7 Å². The Morgan fingerprint density at radius 3 is 1.45 bits per heavy atom. The van der Waals surface area contributed by atoms with Gasteiger partial charge >= 0.3 is 23.9 Å². The molecule has 1 aromatic heterocycles. The predicted molar refractivity (Wildman–Crippen MR) is 345 cm³/mol. The van der Waals surface area contributed by atoms with E-state index >= 15 is 0 Å².